The van der Waals surface area contributed by atoms with E-state index in [0.29, 0.717) is 5.92 Å². The van der Waals surface area contributed by atoms with Crippen molar-refractivity contribution in [1.82, 2.24) is 0 Å². The summed E-state index contributed by atoms with van der Waals surface area (Å²) < 4.78 is 0. The Labute approximate surface area is 91.1 Å². The molecule has 0 aromatic heterocycles. The summed E-state index contributed by atoms with van der Waals surface area (Å²) in [5, 5.41) is 9.97. The van der Waals surface area contributed by atoms with Gasteiger partial charge in [-0.25, -0.2) is 0 Å². The van der Waals surface area contributed by atoms with Crippen molar-refractivity contribution in [3.8, 4) is 11.8 Å². The summed E-state index contributed by atoms with van der Waals surface area (Å²) in [5.74, 6) is 6.20. The summed E-state index contributed by atoms with van der Waals surface area (Å²) in [6, 6.07) is 8.37. The Morgan fingerprint density at radius 1 is 1.47 bits per heavy atom. The Morgan fingerprint density at radius 3 is 3.00 bits per heavy atom. The fourth-order valence-corrected chi connectivity index (χ4v) is 2.19. The molecule has 1 aromatic carbocycles. The van der Waals surface area contributed by atoms with Gasteiger partial charge in [-0.05, 0) is 30.9 Å². The highest BCUT2D eigenvalue weighted by Gasteiger charge is 2.30. The normalized spacial score (nSPS) is 19.5. The number of fused-ring (bicyclic) bond motifs is 1. The van der Waals surface area contributed by atoms with Crippen LogP contribution in [-0.2, 0) is 6.42 Å². The summed E-state index contributed by atoms with van der Waals surface area (Å²) in [6.45, 7) is 1.84. The number of rotatable bonds is 3. The summed E-state index contributed by atoms with van der Waals surface area (Å²) in [5.41, 5.74) is 2.72. The lowest BCUT2D eigenvalue weighted by Crippen LogP contribution is -2.28. The maximum atomic E-state index is 9.97. The van der Waals surface area contributed by atoms with E-state index in [1.165, 1.54) is 11.1 Å². The molecule has 1 aromatic rings. The quantitative estimate of drug-likeness (QED) is 0.743. The van der Waals surface area contributed by atoms with Gasteiger partial charge in [-0.3, -0.25) is 0 Å². The van der Waals surface area contributed by atoms with Gasteiger partial charge in [0.15, 0.2) is 0 Å². The molecule has 2 unspecified atom stereocenters. The molecular weight excluding hydrogens is 184 g/mol. The number of aliphatic hydroxyl groups is 1. The zero-order chi connectivity index (χ0) is 10.7. The number of hydrogen-bond donors (Lipinski definition) is 1. The van der Waals surface area contributed by atoms with E-state index in [2.05, 4.69) is 30.0 Å². The molecule has 0 radical (unpaired) electrons. The van der Waals surface area contributed by atoms with Crippen molar-refractivity contribution in [1.29, 1.82) is 0 Å². The first kappa shape index (κ1) is 10.3. The summed E-state index contributed by atoms with van der Waals surface area (Å²) in [7, 11) is 0. The number of benzene rings is 1. The molecular formula is C14H16O. The highest BCUT2D eigenvalue weighted by atomic mass is 16.3. The minimum atomic E-state index is -0.222. The highest BCUT2D eigenvalue weighted by Crippen LogP contribution is 2.38. The second-order valence-corrected chi connectivity index (χ2v) is 4.04. The molecule has 0 saturated heterocycles. The molecule has 15 heavy (non-hydrogen) atoms. The SMILES string of the molecule is CC#CCCC(O)C1Cc2ccccc21. The molecule has 0 bridgehead atoms. The van der Waals surface area contributed by atoms with Gasteiger partial charge in [0.2, 0.25) is 0 Å². The van der Waals surface area contributed by atoms with Gasteiger partial charge in [0.25, 0.3) is 0 Å². The summed E-state index contributed by atoms with van der Waals surface area (Å²) in [6.07, 6.45) is 2.40. The lowest BCUT2D eigenvalue weighted by Gasteiger charge is -2.33. The van der Waals surface area contributed by atoms with E-state index >= 15 is 0 Å². The van der Waals surface area contributed by atoms with Crippen LogP contribution in [0.3, 0.4) is 0 Å². The summed E-state index contributed by atoms with van der Waals surface area (Å²) >= 11 is 0. The van der Waals surface area contributed by atoms with Crippen molar-refractivity contribution in [3.63, 3.8) is 0 Å². The molecule has 1 aliphatic carbocycles. The lowest BCUT2D eigenvalue weighted by atomic mass is 9.73. The van der Waals surface area contributed by atoms with Crippen LogP contribution in [0.4, 0.5) is 0 Å². The Bertz CT molecular complexity index is 397. The van der Waals surface area contributed by atoms with Crippen LogP contribution >= 0.6 is 0 Å². The van der Waals surface area contributed by atoms with E-state index < -0.39 is 0 Å². The topological polar surface area (TPSA) is 20.2 Å². The monoisotopic (exact) mass is 200 g/mol. The third-order valence-corrected chi connectivity index (χ3v) is 3.10. The van der Waals surface area contributed by atoms with Gasteiger partial charge in [0, 0.05) is 12.3 Å². The smallest absolute Gasteiger partial charge is 0.0621 e. The Balaban J connectivity index is 1.94. The van der Waals surface area contributed by atoms with Crippen molar-refractivity contribution in [2.24, 2.45) is 0 Å². The molecule has 1 aliphatic rings. The van der Waals surface area contributed by atoms with Gasteiger partial charge in [-0.2, -0.15) is 0 Å². The van der Waals surface area contributed by atoms with Crippen LogP contribution < -0.4 is 0 Å². The van der Waals surface area contributed by atoms with E-state index in [-0.39, 0.29) is 6.10 Å². The molecule has 0 heterocycles. The number of aliphatic hydroxyl groups excluding tert-OH is 1. The van der Waals surface area contributed by atoms with Crippen LogP contribution in [0.1, 0.15) is 36.8 Å². The molecule has 0 spiro atoms. The van der Waals surface area contributed by atoms with E-state index in [4.69, 9.17) is 0 Å². The molecule has 0 fully saturated rings. The average molecular weight is 200 g/mol. The van der Waals surface area contributed by atoms with Crippen LogP contribution in [-0.4, -0.2) is 11.2 Å². The van der Waals surface area contributed by atoms with Gasteiger partial charge in [-0.1, -0.05) is 24.3 Å². The third kappa shape index (κ3) is 2.06. The third-order valence-electron chi connectivity index (χ3n) is 3.10. The molecule has 1 N–H and O–H groups in total. The maximum Gasteiger partial charge on any atom is 0.0621 e. The highest BCUT2D eigenvalue weighted by molar-refractivity contribution is 5.40. The van der Waals surface area contributed by atoms with Crippen LogP contribution in [0.15, 0.2) is 24.3 Å². The zero-order valence-electron chi connectivity index (χ0n) is 9.03. The van der Waals surface area contributed by atoms with Crippen molar-refractivity contribution in [3.05, 3.63) is 35.4 Å². The second kappa shape index (κ2) is 4.51. The molecule has 1 heteroatoms. The molecule has 1 nitrogen and oxygen atoms in total. The molecule has 2 atom stereocenters. The first-order valence-electron chi connectivity index (χ1n) is 5.48. The van der Waals surface area contributed by atoms with Crippen molar-refractivity contribution >= 4 is 0 Å². The second-order valence-electron chi connectivity index (χ2n) is 4.04. The van der Waals surface area contributed by atoms with Gasteiger partial charge >= 0.3 is 0 Å². The maximum absolute atomic E-state index is 9.97. The van der Waals surface area contributed by atoms with Gasteiger partial charge in [-0.15, -0.1) is 11.8 Å². The first-order chi connectivity index (χ1) is 7.33. The standard InChI is InChI=1S/C14H16O/c1-2-3-4-9-14(15)13-10-11-7-5-6-8-12(11)13/h5-8,13-15H,4,9-10H2,1H3. The van der Waals surface area contributed by atoms with Crippen molar-refractivity contribution in [2.45, 2.75) is 38.2 Å². The first-order valence-corrected chi connectivity index (χ1v) is 5.48. The molecule has 0 saturated carbocycles. The fourth-order valence-electron chi connectivity index (χ4n) is 2.19. The average Bonchev–Trinajstić information content (AvgIpc) is 2.20. The Kier molecular flexibility index (Phi) is 3.08. The van der Waals surface area contributed by atoms with Crippen LogP contribution in [0.25, 0.3) is 0 Å². The van der Waals surface area contributed by atoms with Gasteiger partial charge in [0.1, 0.15) is 0 Å². The zero-order valence-corrected chi connectivity index (χ0v) is 9.03. The van der Waals surface area contributed by atoms with Crippen LogP contribution in [0, 0.1) is 11.8 Å². The van der Waals surface area contributed by atoms with Crippen LogP contribution in [0.2, 0.25) is 0 Å². The van der Waals surface area contributed by atoms with Crippen LogP contribution in [0.5, 0.6) is 0 Å². The van der Waals surface area contributed by atoms with Crippen molar-refractivity contribution in [2.75, 3.05) is 0 Å². The van der Waals surface area contributed by atoms with Gasteiger partial charge in [0.05, 0.1) is 6.10 Å². The predicted octanol–water partition coefficient (Wildman–Crippen LogP) is 2.49. The molecule has 0 amide bonds. The van der Waals surface area contributed by atoms with Gasteiger partial charge < -0.3 is 5.11 Å². The molecule has 78 valence electrons. The molecule has 2 rings (SSSR count). The van der Waals surface area contributed by atoms with E-state index in [1.807, 2.05) is 13.0 Å². The lowest BCUT2D eigenvalue weighted by molar-refractivity contribution is 0.125. The van der Waals surface area contributed by atoms with E-state index in [0.717, 1.165) is 19.3 Å². The minimum absolute atomic E-state index is 0.222. The van der Waals surface area contributed by atoms with E-state index in [1.54, 1.807) is 0 Å². The number of hydrogen-bond acceptors (Lipinski definition) is 1. The Hall–Kier alpha value is -1.26. The van der Waals surface area contributed by atoms with E-state index in [9.17, 15) is 5.11 Å². The largest absolute Gasteiger partial charge is 0.392 e. The molecule has 0 aliphatic heterocycles. The Morgan fingerprint density at radius 2 is 2.27 bits per heavy atom. The minimum Gasteiger partial charge on any atom is -0.392 e. The van der Waals surface area contributed by atoms with Crippen molar-refractivity contribution < 1.29 is 5.11 Å². The predicted molar refractivity (Wildman–Crippen MR) is 61.6 cm³/mol. The summed E-state index contributed by atoms with van der Waals surface area (Å²) in [4.78, 5) is 0. The fraction of sp³-hybridized carbons (Fsp3) is 0.429.